The number of nitrogens with one attached hydrogen (secondary N) is 1. The Bertz CT molecular complexity index is 1070. The summed E-state index contributed by atoms with van der Waals surface area (Å²) in [6.07, 6.45) is 3.51. The normalized spacial score (nSPS) is 15.2. The van der Waals surface area contributed by atoms with Gasteiger partial charge in [-0.3, -0.25) is 0 Å². The molecule has 1 aliphatic rings. The Balaban J connectivity index is 1.87. The molecule has 150 valence electrons. The fourth-order valence-corrected chi connectivity index (χ4v) is 3.82. The van der Waals surface area contributed by atoms with Crippen LogP contribution in [0.5, 0.6) is 17.2 Å². The topological polar surface area (TPSA) is 70.4 Å². The van der Waals surface area contributed by atoms with Gasteiger partial charge in [0.2, 0.25) is 11.7 Å². The summed E-state index contributed by atoms with van der Waals surface area (Å²) in [6.45, 7) is 0. The zero-order valence-corrected chi connectivity index (χ0v) is 17.5. The number of aromatic nitrogens is 3. The van der Waals surface area contributed by atoms with Gasteiger partial charge in [-0.1, -0.05) is 23.2 Å². The number of benzene rings is 2. The van der Waals surface area contributed by atoms with E-state index in [1.165, 1.54) is 6.33 Å². The van der Waals surface area contributed by atoms with Crippen LogP contribution in [0.3, 0.4) is 0 Å². The molecule has 9 heteroatoms. The van der Waals surface area contributed by atoms with Crippen molar-refractivity contribution in [2.45, 2.75) is 6.04 Å². The third kappa shape index (κ3) is 3.47. The minimum atomic E-state index is -0.274. The molecule has 1 aliphatic heterocycles. The third-order valence-corrected chi connectivity index (χ3v) is 5.21. The van der Waals surface area contributed by atoms with Crippen LogP contribution >= 0.6 is 23.2 Å². The van der Waals surface area contributed by atoms with E-state index in [0.717, 1.165) is 16.8 Å². The van der Waals surface area contributed by atoms with Crippen LogP contribution in [0.25, 0.3) is 5.70 Å². The summed E-state index contributed by atoms with van der Waals surface area (Å²) in [5, 5.41) is 8.74. The Morgan fingerprint density at radius 2 is 1.72 bits per heavy atom. The Kier molecular flexibility index (Phi) is 5.25. The quantitative estimate of drug-likeness (QED) is 0.631. The summed E-state index contributed by atoms with van der Waals surface area (Å²) in [5.74, 6) is 2.23. The van der Waals surface area contributed by atoms with E-state index < -0.39 is 0 Å². The molecule has 0 spiro atoms. The van der Waals surface area contributed by atoms with E-state index in [1.54, 1.807) is 38.1 Å². The molecule has 0 saturated heterocycles. The number of nitrogens with zero attached hydrogens (tertiary/aromatic N) is 3. The van der Waals surface area contributed by atoms with Crippen molar-refractivity contribution in [1.29, 1.82) is 0 Å². The third-order valence-electron chi connectivity index (χ3n) is 4.66. The molecule has 0 radical (unpaired) electrons. The monoisotopic (exact) mass is 432 g/mol. The first-order chi connectivity index (χ1) is 14.0. The highest BCUT2D eigenvalue weighted by atomic mass is 35.5. The highest BCUT2D eigenvalue weighted by molar-refractivity contribution is 6.35. The summed E-state index contributed by atoms with van der Waals surface area (Å²) in [6, 6.07) is 8.86. The lowest BCUT2D eigenvalue weighted by Crippen LogP contribution is -2.20. The van der Waals surface area contributed by atoms with E-state index in [0.29, 0.717) is 33.2 Å². The molecule has 0 amide bonds. The predicted molar refractivity (Wildman–Crippen MR) is 112 cm³/mol. The second-order valence-electron chi connectivity index (χ2n) is 6.26. The first kappa shape index (κ1) is 19.4. The lowest BCUT2D eigenvalue weighted by molar-refractivity contribution is 0.323. The number of methoxy groups -OCH3 is 3. The van der Waals surface area contributed by atoms with Crippen LogP contribution in [0.4, 0.5) is 5.95 Å². The fourth-order valence-electron chi connectivity index (χ4n) is 3.31. The number of hydrogen-bond acceptors (Lipinski definition) is 6. The molecule has 0 saturated carbocycles. The van der Waals surface area contributed by atoms with Crippen molar-refractivity contribution in [2.24, 2.45) is 0 Å². The highest BCUT2D eigenvalue weighted by Crippen LogP contribution is 2.42. The van der Waals surface area contributed by atoms with Crippen LogP contribution in [-0.2, 0) is 0 Å². The summed E-state index contributed by atoms with van der Waals surface area (Å²) in [7, 11) is 4.74. The SMILES string of the molecule is COc1cc([C@H]2C=C(c3ccc(Cl)cc3Cl)Nc3ncnn32)cc(OC)c1OC. The van der Waals surface area contributed by atoms with Gasteiger partial charge in [0.05, 0.1) is 26.4 Å². The molecule has 0 bridgehead atoms. The lowest BCUT2D eigenvalue weighted by atomic mass is 10.0. The molecular formula is C20H18Cl2N4O3. The molecule has 29 heavy (non-hydrogen) atoms. The average Bonchev–Trinajstić information content (AvgIpc) is 3.20. The second-order valence-corrected chi connectivity index (χ2v) is 7.10. The van der Waals surface area contributed by atoms with Crippen molar-refractivity contribution >= 4 is 34.8 Å². The molecule has 2 aromatic carbocycles. The molecule has 1 N–H and O–H groups in total. The second kappa shape index (κ2) is 7.85. The number of fused-ring (bicyclic) bond motifs is 1. The predicted octanol–water partition coefficient (Wildman–Crippen LogP) is 4.67. The van der Waals surface area contributed by atoms with Gasteiger partial charge in [-0.2, -0.15) is 10.1 Å². The number of ether oxygens (including phenoxy) is 3. The van der Waals surface area contributed by atoms with Crippen molar-refractivity contribution in [2.75, 3.05) is 26.6 Å². The van der Waals surface area contributed by atoms with Crippen molar-refractivity contribution in [3.05, 3.63) is 63.9 Å². The Hall–Kier alpha value is -2.90. The maximum absolute atomic E-state index is 6.43. The van der Waals surface area contributed by atoms with Crippen molar-refractivity contribution in [3.8, 4) is 17.2 Å². The smallest absolute Gasteiger partial charge is 0.226 e. The van der Waals surface area contributed by atoms with E-state index in [-0.39, 0.29) is 6.04 Å². The first-order valence-corrected chi connectivity index (χ1v) is 9.45. The summed E-state index contributed by atoms with van der Waals surface area (Å²) in [5.41, 5.74) is 2.49. The van der Waals surface area contributed by atoms with Gasteiger partial charge in [-0.05, 0) is 42.0 Å². The van der Waals surface area contributed by atoms with E-state index in [4.69, 9.17) is 37.4 Å². The maximum Gasteiger partial charge on any atom is 0.226 e. The van der Waals surface area contributed by atoms with E-state index in [2.05, 4.69) is 15.4 Å². The highest BCUT2D eigenvalue weighted by Gasteiger charge is 2.26. The molecule has 0 fully saturated rings. The van der Waals surface area contributed by atoms with Crippen LogP contribution < -0.4 is 19.5 Å². The molecule has 3 aromatic rings. The number of anilines is 1. The number of rotatable bonds is 5. The minimum Gasteiger partial charge on any atom is -0.493 e. The summed E-state index contributed by atoms with van der Waals surface area (Å²) in [4.78, 5) is 4.32. The van der Waals surface area contributed by atoms with E-state index in [9.17, 15) is 0 Å². The van der Waals surface area contributed by atoms with Gasteiger partial charge in [-0.25, -0.2) is 4.68 Å². The van der Waals surface area contributed by atoms with Crippen LogP contribution in [0.1, 0.15) is 17.2 Å². The van der Waals surface area contributed by atoms with E-state index in [1.807, 2.05) is 24.3 Å². The van der Waals surface area contributed by atoms with Crippen molar-refractivity contribution in [3.63, 3.8) is 0 Å². The lowest BCUT2D eigenvalue weighted by Gasteiger charge is -2.26. The van der Waals surface area contributed by atoms with Crippen molar-refractivity contribution < 1.29 is 14.2 Å². The van der Waals surface area contributed by atoms with Gasteiger partial charge < -0.3 is 19.5 Å². The summed E-state index contributed by atoms with van der Waals surface area (Å²) < 4.78 is 18.2. The Labute approximate surface area is 177 Å². The average molecular weight is 433 g/mol. The maximum atomic E-state index is 6.43. The van der Waals surface area contributed by atoms with Gasteiger partial charge in [0.15, 0.2) is 11.5 Å². The first-order valence-electron chi connectivity index (χ1n) is 8.69. The molecule has 0 aliphatic carbocycles. The fraction of sp³-hybridized carbons (Fsp3) is 0.200. The zero-order valence-electron chi connectivity index (χ0n) is 15.9. The molecule has 2 heterocycles. The number of hydrogen-bond donors (Lipinski definition) is 1. The van der Waals surface area contributed by atoms with Gasteiger partial charge >= 0.3 is 0 Å². The molecule has 7 nitrogen and oxygen atoms in total. The Morgan fingerprint density at radius 1 is 1.00 bits per heavy atom. The van der Waals surface area contributed by atoms with Gasteiger partial charge in [0.25, 0.3) is 0 Å². The zero-order chi connectivity index (χ0) is 20.5. The van der Waals surface area contributed by atoms with Gasteiger partial charge in [0.1, 0.15) is 12.4 Å². The van der Waals surface area contributed by atoms with Crippen LogP contribution in [0, 0.1) is 0 Å². The number of halogens is 2. The molecule has 1 atom stereocenters. The molecule has 1 aromatic heterocycles. The molecule has 4 rings (SSSR count). The largest absolute Gasteiger partial charge is 0.493 e. The van der Waals surface area contributed by atoms with Crippen LogP contribution in [0.2, 0.25) is 10.0 Å². The van der Waals surface area contributed by atoms with E-state index >= 15 is 0 Å². The molecular weight excluding hydrogens is 415 g/mol. The summed E-state index contributed by atoms with van der Waals surface area (Å²) >= 11 is 12.5. The minimum absolute atomic E-state index is 0.274. The van der Waals surface area contributed by atoms with Crippen LogP contribution in [-0.4, -0.2) is 36.1 Å². The van der Waals surface area contributed by atoms with Gasteiger partial charge in [-0.15, -0.1) is 0 Å². The number of allylic oxidation sites excluding steroid dienone is 1. The standard InChI is InChI=1S/C20H18Cl2N4O3/c1-27-17-6-11(7-18(28-2)19(17)29-3)16-9-15(25-20-23-10-24-26(16)20)13-5-4-12(21)8-14(13)22/h4-10,16H,1-3H3,(H,23,24,25)/t16-/m1/s1. The Morgan fingerprint density at radius 3 is 2.34 bits per heavy atom. The van der Waals surface area contributed by atoms with Gasteiger partial charge in [0, 0.05) is 16.3 Å². The van der Waals surface area contributed by atoms with Crippen molar-refractivity contribution in [1.82, 2.24) is 14.8 Å². The van der Waals surface area contributed by atoms with Crippen LogP contribution in [0.15, 0.2) is 42.7 Å². The molecule has 0 unspecified atom stereocenters.